The summed E-state index contributed by atoms with van der Waals surface area (Å²) in [6.07, 6.45) is 0. The average Bonchev–Trinajstić information content (AvgIpc) is 2.72. The lowest BCUT2D eigenvalue weighted by Gasteiger charge is -2.14. The van der Waals surface area contributed by atoms with E-state index in [1.54, 1.807) is 36.4 Å². The van der Waals surface area contributed by atoms with Crippen molar-refractivity contribution in [1.29, 1.82) is 0 Å². The summed E-state index contributed by atoms with van der Waals surface area (Å²) < 4.78 is 16.6. The zero-order chi connectivity index (χ0) is 19.8. The molecule has 0 saturated heterocycles. The SMILES string of the molecule is COc1ccc(Cl)cc1NC(=O)c1ccccc1OCCOc1ccccc1. The van der Waals surface area contributed by atoms with E-state index in [0.717, 1.165) is 5.75 Å². The van der Waals surface area contributed by atoms with Crippen LogP contribution < -0.4 is 19.5 Å². The van der Waals surface area contributed by atoms with Crippen molar-refractivity contribution in [3.05, 3.63) is 83.4 Å². The zero-order valence-corrected chi connectivity index (χ0v) is 16.1. The number of rotatable bonds is 8. The lowest BCUT2D eigenvalue weighted by molar-refractivity contribution is 0.102. The molecule has 6 heteroatoms. The van der Waals surface area contributed by atoms with Crippen LogP contribution in [0.25, 0.3) is 0 Å². The molecule has 0 fully saturated rings. The fraction of sp³-hybridized carbons (Fsp3) is 0.136. The second-order valence-corrected chi connectivity index (χ2v) is 6.24. The van der Waals surface area contributed by atoms with Gasteiger partial charge in [0.2, 0.25) is 0 Å². The molecule has 0 saturated carbocycles. The van der Waals surface area contributed by atoms with Crippen LogP contribution in [0.5, 0.6) is 17.2 Å². The number of hydrogen-bond acceptors (Lipinski definition) is 4. The molecule has 5 nitrogen and oxygen atoms in total. The summed E-state index contributed by atoms with van der Waals surface area (Å²) in [7, 11) is 1.53. The maximum atomic E-state index is 12.7. The summed E-state index contributed by atoms with van der Waals surface area (Å²) in [6.45, 7) is 0.668. The average molecular weight is 398 g/mol. The maximum absolute atomic E-state index is 12.7. The number of amides is 1. The number of para-hydroxylation sites is 2. The van der Waals surface area contributed by atoms with Crippen molar-refractivity contribution in [3.8, 4) is 17.2 Å². The summed E-state index contributed by atoms with van der Waals surface area (Å²) in [6, 6.07) is 21.5. The van der Waals surface area contributed by atoms with E-state index in [4.69, 9.17) is 25.8 Å². The van der Waals surface area contributed by atoms with E-state index in [1.807, 2.05) is 36.4 Å². The number of anilines is 1. The number of carbonyl (C=O) groups is 1. The molecule has 0 aliphatic heterocycles. The first kappa shape index (κ1) is 19.6. The van der Waals surface area contributed by atoms with Crippen LogP contribution >= 0.6 is 11.6 Å². The van der Waals surface area contributed by atoms with Gasteiger partial charge >= 0.3 is 0 Å². The van der Waals surface area contributed by atoms with Crippen molar-refractivity contribution in [2.24, 2.45) is 0 Å². The van der Waals surface area contributed by atoms with Crippen LogP contribution in [0.1, 0.15) is 10.4 Å². The lowest BCUT2D eigenvalue weighted by atomic mass is 10.1. The van der Waals surface area contributed by atoms with Crippen molar-refractivity contribution in [3.63, 3.8) is 0 Å². The zero-order valence-electron chi connectivity index (χ0n) is 15.4. The largest absolute Gasteiger partial charge is 0.495 e. The Morgan fingerprint density at radius 1 is 0.893 bits per heavy atom. The Bertz CT molecular complexity index is 931. The van der Waals surface area contributed by atoms with Crippen molar-refractivity contribution in [1.82, 2.24) is 0 Å². The van der Waals surface area contributed by atoms with Crippen LogP contribution in [-0.4, -0.2) is 26.2 Å². The molecule has 0 bridgehead atoms. The molecule has 0 aliphatic rings. The van der Waals surface area contributed by atoms with Gasteiger partial charge in [-0.05, 0) is 42.5 Å². The highest BCUT2D eigenvalue weighted by molar-refractivity contribution is 6.31. The standard InChI is InChI=1S/C22H20ClNO4/c1-26-21-12-11-16(23)15-19(21)24-22(25)18-9-5-6-10-20(18)28-14-13-27-17-7-3-2-4-8-17/h2-12,15H,13-14H2,1H3,(H,24,25). The van der Waals surface area contributed by atoms with Gasteiger partial charge in [0.15, 0.2) is 0 Å². The number of carbonyl (C=O) groups excluding carboxylic acids is 1. The number of benzene rings is 3. The molecular weight excluding hydrogens is 378 g/mol. The smallest absolute Gasteiger partial charge is 0.259 e. The Kier molecular flexibility index (Phi) is 6.76. The Hall–Kier alpha value is -3.18. The number of hydrogen-bond donors (Lipinski definition) is 1. The summed E-state index contributed by atoms with van der Waals surface area (Å²) in [5.74, 6) is 1.44. The third kappa shape index (κ3) is 5.18. The Morgan fingerprint density at radius 3 is 2.39 bits per heavy atom. The van der Waals surface area contributed by atoms with Crippen molar-refractivity contribution >= 4 is 23.2 Å². The number of nitrogens with one attached hydrogen (secondary N) is 1. The Balaban J connectivity index is 1.64. The summed E-state index contributed by atoms with van der Waals surface area (Å²) in [5.41, 5.74) is 0.895. The van der Waals surface area contributed by atoms with Crippen molar-refractivity contribution in [2.45, 2.75) is 0 Å². The van der Waals surface area contributed by atoms with E-state index < -0.39 is 0 Å². The van der Waals surface area contributed by atoms with E-state index in [2.05, 4.69) is 5.32 Å². The highest BCUT2D eigenvalue weighted by Crippen LogP contribution is 2.29. The molecule has 0 unspecified atom stereocenters. The molecule has 1 amide bonds. The normalized spacial score (nSPS) is 10.2. The van der Waals surface area contributed by atoms with Gasteiger partial charge in [0.1, 0.15) is 30.5 Å². The molecule has 0 heterocycles. The number of halogens is 1. The molecule has 3 rings (SSSR count). The molecule has 28 heavy (non-hydrogen) atoms. The van der Waals surface area contributed by atoms with Crippen LogP contribution in [0.15, 0.2) is 72.8 Å². The third-order valence-electron chi connectivity index (χ3n) is 3.89. The molecule has 0 aliphatic carbocycles. The minimum Gasteiger partial charge on any atom is -0.495 e. The van der Waals surface area contributed by atoms with E-state index in [1.165, 1.54) is 7.11 Å². The van der Waals surface area contributed by atoms with Gasteiger partial charge in [0.25, 0.3) is 5.91 Å². The molecule has 3 aromatic carbocycles. The first-order chi connectivity index (χ1) is 13.7. The van der Waals surface area contributed by atoms with Crippen molar-refractivity contribution in [2.75, 3.05) is 25.6 Å². The molecule has 0 aromatic heterocycles. The highest BCUT2D eigenvalue weighted by atomic mass is 35.5. The van der Waals surface area contributed by atoms with Crippen LogP contribution in [0.3, 0.4) is 0 Å². The first-order valence-corrected chi connectivity index (χ1v) is 9.10. The Labute approximate surface area is 168 Å². The van der Waals surface area contributed by atoms with Gasteiger partial charge in [-0.25, -0.2) is 0 Å². The molecule has 0 atom stereocenters. The van der Waals surface area contributed by atoms with Gasteiger partial charge < -0.3 is 19.5 Å². The summed E-state index contributed by atoms with van der Waals surface area (Å²) in [5, 5.41) is 3.31. The minimum atomic E-state index is -0.319. The molecule has 3 aromatic rings. The fourth-order valence-electron chi connectivity index (χ4n) is 2.58. The van der Waals surface area contributed by atoms with E-state index >= 15 is 0 Å². The third-order valence-corrected chi connectivity index (χ3v) is 4.13. The second kappa shape index (κ2) is 9.67. The monoisotopic (exact) mass is 397 g/mol. The van der Waals surface area contributed by atoms with Gasteiger partial charge in [-0.2, -0.15) is 0 Å². The van der Waals surface area contributed by atoms with Gasteiger partial charge in [-0.1, -0.05) is 41.9 Å². The molecule has 0 radical (unpaired) electrons. The van der Waals surface area contributed by atoms with Crippen LogP contribution in [-0.2, 0) is 0 Å². The highest BCUT2D eigenvalue weighted by Gasteiger charge is 2.15. The molecule has 144 valence electrons. The van der Waals surface area contributed by atoms with E-state index in [-0.39, 0.29) is 5.91 Å². The molecule has 0 spiro atoms. The van der Waals surface area contributed by atoms with Gasteiger partial charge in [-0.3, -0.25) is 4.79 Å². The topological polar surface area (TPSA) is 56.8 Å². The Morgan fingerprint density at radius 2 is 1.61 bits per heavy atom. The quantitative estimate of drug-likeness (QED) is 0.540. The number of methoxy groups -OCH3 is 1. The van der Waals surface area contributed by atoms with Gasteiger partial charge in [0.05, 0.1) is 18.4 Å². The van der Waals surface area contributed by atoms with Crippen molar-refractivity contribution < 1.29 is 19.0 Å². The van der Waals surface area contributed by atoms with Crippen LogP contribution in [0, 0.1) is 0 Å². The predicted octanol–water partition coefficient (Wildman–Crippen LogP) is 5.06. The van der Waals surface area contributed by atoms with Crippen LogP contribution in [0.2, 0.25) is 5.02 Å². The predicted molar refractivity (Wildman–Crippen MR) is 110 cm³/mol. The minimum absolute atomic E-state index is 0.305. The molecular formula is C22H20ClNO4. The van der Waals surface area contributed by atoms with Gasteiger partial charge in [0, 0.05) is 5.02 Å². The number of ether oxygens (including phenoxy) is 3. The first-order valence-electron chi connectivity index (χ1n) is 8.72. The summed E-state index contributed by atoms with van der Waals surface area (Å²) >= 11 is 6.02. The summed E-state index contributed by atoms with van der Waals surface area (Å²) in [4.78, 5) is 12.7. The lowest BCUT2D eigenvalue weighted by Crippen LogP contribution is -2.16. The van der Waals surface area contributed by atoms with E-state index in [0.29, 0.717) is 41.0 Å². The fourth-order valence-corrected chi connectivity index (χ4v) is 2.75. The maximum Gasteiger partial charge on any atom is 0.259 e. The molecule has 1 N–H and O–H groups in total. The second-order valence-electron chi connectivity index (χ2n) is 5.80. The van der Waals surface area contributed by atoms with Gasteiger partial charge in [-0.15, -0.1) is 0 Å². The van der Waals surface area contributed by atoms with Crippen LogP contribution in [0.4, 0.5) is 5.69 Å². The van der Waals surface area contributed by atoms with E-state index in [9.17, 15) is 4.79 Å².